The van der Waals surface area contributed by atoms with Gasteiger partial charge in [-0.1, -0.05) is 34.6 Å². The third-order valence-electron chi connectivity index (χ3n) is 2.56. The minimum atomic E-state index is -0.507. The first kappa shape index (κ1) is 11.7. The highest BCUT2D eigenvalue weighted by molar-refractivity contribution is 6.31. The Kier molecular flexibility index (Phi) is 2.89. The van der Waals surface area contributed by atoms with Crippen LogP contribution in [0.3, 0.4) is 0 Å². The molecule has 0 N–H and O–H groups in total. The number of nitrogens with zero attached hydrogens (tertiary/aromatic N) is 3. The van der Waals surface area contributed by atoms with Gasteiger partial charge in [-0.05, 0) is 35.5 Å². The van der Waals surface area contributed by atoms with Crippen LogP contribution in [0.4, 0.5) is 0 Å². The smallest absolute Gasteiger partial charge is 0.312 e. The summed E-state index contributed by atoms with van der Waals surface area (Å²) in [6, 6.07) is 13.7. The van der Waals surface area contributed by atoms with Crippen LogP contribution in [0.15, 0.2) is 48.5 Å². The van der Waals surface area contributed by atoms with Gasteiger partial charge in [-0.25, -0.2) is 4.79 Å². The van der Waals surface area contributed by atoms with Crippen LogP contribution in [0.1, 0.15) is 10.4 Å². The molecule has 0 amide bonds. The summed E-state index contributed by atoms with van der Waals surface area (Å²) in [5.41, 5.74) is 1.58. The molecule has 6 heteroatoms. The van der Waals surface area contributed by atoms with Crippen LogP contribution in [0.5, 0.6) is 0 Å². The van der Waals surface area contributed by atoms with Crippen molar-refractivity contribution in [2.45, 2.75) is 0 Å². The van der Waals surface area contributed by atoms with E-state index in [0.717, 1.165) is 4.85 Å². The van der Waals surface area contributed by atoms with E-state index < -0.39 is 5.97 Å². The summed E-state index contributed by atoms with van der Waals surface area (Å²) in [7, 11) is 0. The second kappa shape index (κ2) is 4.70. The Morgan fingerprint density at radius 3 is 2.74 bits per heavy atom. The molecule has 3 aromatic rings. The molecule has 0 fully saturated rings. The van der Waals surface area contributed by atoms with Gasteiger partial charge in [-0.3, -0.25) is 0 Å². The maximum atomic E-state index is 11.9. The standard InChI is InChI=1S/C13H8ClN3O2/c14-10-6-7-11-12(8-10)17(16-15-11)19-13(18)9-4-2-1-3-5-9/h1-8H. The van der Waals surface area contributed by atoms with Gasteiger partial charge in [0.05, 0.1) is 5.56 Å². The van der Waals surface area contributed by atoms with Crippen LogP contribution >= 0.6 is 11.6 Å². The number of hydrogen-bond acceptors (Lipinski definition) is 4. The van der Waals surface area contributed by atoms with E-state index in [9.17, 15) is 4.79 Å². The Labute approximate surface area is 113 Å². The molecule has 1 heterocycles. The van der Waals surface area contributed by atoms with Crippen LogP contribution in [-0.4, -0.2) is 21.1 Å². The molecule has 19 heavy (non-hydrogen) atoms. The Morgan fingerprint density at radius 2 is 1.95 bits per heavy atom. The number of hydrogen-bond donors (Lipinski definition) is 0. The highest BCUT2D eigenvalue weighted by atomic mass is 35.5. The third kappa shape index (κ3) is 2.28. The summed E-state index contributed by atoms with van der Waals surface area (Å²) in [5, 5.41) is 8.17. The molecule has 3 rings (SSSR count). The molecule has 0 unspecified atom stereocenters. The summed E-state index contributed by atoms with van der Waals surface area (Å²) in [6.45, 7) is 0. The zero-order chi connectivity index (χ0) is 13.2. The first-order valence-electron chi connectivity index (χ1n) is 5.53. The third-order valence-corrected chi connectivity index (χ3v) is 2.79. The van der Waals surface area contributed by atoms with Crippen molar-refractivity contribution in [2.24, 2.45) is 0 Å². The number of benzene rings is 2. The molecule has 2 aromatic carbocycles. The van der Waals surface area contributed by atoms with Crippen molar-refractivity contribution in [3.8, 4) is 0 Å². The lowest BCUT2D eigenvalue weighted by molar-refractivity contribution is 0.0409. The van der Waals surface area contributed by atoms with Crippen molar-refractivity contribution in [1.29, 1.82) is 0 Å². The number of carbonyl (C=O) groups excluding carboxylic acids is 1. The fourth-order valence-corrected chi connectivity index (χ4v) is 1.81. The maximum absolute atomic E-state index is 11.9. The van der Waals surface area contributed by atoms with Gasteiger partial charge in [0.25, 0.3) is 0 Å². The van der Waals surface area contributed by atoms with E-state index in [1.807, 2.05) is 6.07 Å². The summed E-state index contributed by atoms with van der Waals surface area (Å²) >= 11 is 5.89. The van der Waals surface area contributed by atoms with Gasteiger partial charge < -0.3 is 4.84 Å². The largest absolute Gasteiger partial charge is 0.365 e. The Hall–Kier alpha value is -2.40. The lowest BCUT2D eigenvalue weighted by atomic mass is 10.2. The minimum Gasteiger partial charge on any atom is -0.312 e. The van der Waals surface area contributed by atoms with Gasteiger partial charge in [-0.2, -0.15) is 0 Å². The first-order valence-corrected chi connectivity index (χ1v) is 5.90. The van der Waals surface area contributed by atoms with E-state index in [0.29, 0.717) is 21.6 Å². The topological polar surface area (TPSA) is 57.0 Å². The lowest BCUT2D eigenvalue weighted by Gasteiger charge is -2.03. The number of aromatic nitrogens is 3. The predicted octanol–water partition coefficient (Wildman–Crippen LogP) is 2.35. The molecule has 0 atom stereocenters. The molecule has 0 radical (unpaired) electrons. The SMILES string of the molecule is O=C(On1nnc2ccc(Cl)cc21)c1ccccc1. The molecule has 0 aliphatic carbocycles. The Balaban J connectivity index is 1.94. The molecular weight excluding hydrogens is 266 g/mol. The number of rotatable bonds is 2. The number of halogens is 1. The maximum Gasteiger partial charge on any atom is 0.365 e. The zero-order valence-corrected chi connectivity index (χ0v) is 10.4. The van der Waals surface area contributed by atoms with Crippen LogP contribution in [0.25, 0.3) is 11.0 Å². The van der Waals surface area contributed by atoms with E-state index >= 15 is 0 Å². The van der Waals surface area contributed by atoms with Gasteiger partial charge >= 0.3 is 5.97 Å². The van der Waals surface area contributed by atoms with Crippen molar-refractivity contribution in [1.82, 2.24) is 15.2 Å². The van der Waals surface area contributed by atoms with E-state index in [1.165, 1.54) is 0 Å². The monoisotopic (exact) mass is 273 g/mol. The minimum absolute atomic E-state index is 0.438. The summed E-state index contributed by atoms with van der Waals surface area (Å²) in [6.07, 6.45) is 0. The van der Waals surface area contributed by atoms with Crippen LogP contribution < -0.4 is 4.84 Å². The molecule has 94 valence electrons. The Morgan fingerprint density at radius 1 is 1.16 bits per heavy atom. The fraction of sp³-hybridized carbons (Fsp3) is 0. The second-order valence-corrected chi connectivity index (χ2v) is 4.28. The van der Waals surface area contributed by atoms with Crippen LogP contribution in [0, 0.1) is 0 Å². The van der Waals surface area contributed by atoms with Gasteiger partial charge in [0.1, 0.15) is 11.0 Å². The van der Waals surface area contributed by atoms with E-state index in [4.69, 9.17) is 16.4 Å². The molecular formula is C13H8ClN3O2. The summed E-state index contributed by atoms with van der Waals surface area (Å²) in [4.78, 5) is 18.1. The Bertz CT molecular complexity index is 740. The number of carbonyl (C=O) groups is 1. The fourth-order valence-electron chi connectivity index (χ4n) is 1.64. The molecule has 1 aromatic heterocycles. The molecule has 0 spiro atoms. The highest BCUT2D eigenvalue weighted by Gasteiger charge is 2.12. The second-order valence-electron chi connectivity index (χ2n) is 3.84. The van der Waals surface area contributed by atoms with Crippen molar-refractivity contribution >= 4 is 28.6 Å². The first-order chi connectivity index (χ1) is 9.24. The number of fused-ring (bicyclic) bond motifs is 1. The van der Waals surface area contributed by atoms with Gasteiger partial charge in [0, 0.05) is 5.02 Å². The zero-order valence-electron chi connectivity index (χ0n) is 9.65. The van der Waals surface area contributed by atoms with Gasteiger partial charge in [-0.15, -0.1) is 5.10 Å². The average Bonchev–Trinajstić information content (AvgIpc) is 2.82. The molecule has 0 bridgehead atoms. The molecule has 0 saturated heterocycles. The van der Waals surface area contributed by atoms with Crippen molar-refractivity contribution in [3.63, 3.8) is 0 Å². The normalized spacial score (nSPS) is 10.6. The molecule has 5 nitrogen and oxygen atoms in total. The summed E-state index contributed by atoms with van der Waals surface area (Å²) < 4.78 is 0. The van der Waals surface area contributed by atoms with Gasteiger partial charge in [0.15, 0.2) is 0 Å². The van der Waals surface area contributed by atoms with E-state index in [-0.39, 0.29) is 0 Å². The highest BCUT2D eigenvalue weighted by Crippen LogP contribution is 2.16. The van der Waals surface area contributed by atoms with Crippen molar-refractivity contribution < 1.29 is 9.63 Å². The molecule has 0 aliphatic heterocycles. The molecule has 0 saturated carbocycles. The van der Waals surface area contributed by atoms with Crippen molar-refractivity contribution in [2.75, 3.05) is 0 Å². The van der Waals surface area contributed by atoms with E-state index in [2.05, 4.69) is 10.3 Å². The molecule has 0 aliphatic rings. The van der Waals surface area contributed by atoms with Crippen LogP contribution in [0.2, 0.25) is 5.02 Å². The summed E-state index contributed by atoms with van der Waals surface area (Å²) in [5.74, 6) is -0.507. The quantitative estimate of drug-likeness (QED) is 0.673. The van der Waals surface area contributed by atoms with Crippen LogP contribution in [-0.2, 0) is 0 Å². The predicted molar refractivity (Wildman–Crippen MR) is 69.9 cm³/mol. The van der Waals surface area contributed by atoms with Crippen molar-refractivity contribution in [3.05, 3.63) is 59.1 Å². The van der Waals surface area contributed by atoms with Gasteiger partial charge in [0.2, 0.25) is 0 Å². The average molecular weight is 274 g/mol. The van der Waals surface area contributed by atoms with E-state index in [1.54, 1.807) is 42.5 Å². The lowest BCUT2D eigenvalue weighted by Crippen LogP contribution is -2.20.